The zero-order valence-corrected chi connectivity index (χ0v) is 14.6. The monoisotopic (exact) mass is 409 g/mol. The van der Waals surface area contributed by atoms with Gasteiger partial charge in [-0.05, 0) is 42.5 Å². The molecule has 1 aromatic heterocycles. The van der Waals surface area contributed by atoms with Crippen molar-refractivity contribution in [3.05, 3.63) is 76.5 Å². The third-order valence-electron chi connectivity index (χ3n) is 3.76. The van der Waals surface area contributed by atoms with E-state index in [4.69, 9.17) is 21.1 Å². The van der Waals surface area contributed by atoms with Gasteiger partial charge in [0, 0.05) is 11.3 Å². The molecule has 28 heavy (non-hydrogen) atoms. The predicted molar refractivity (Wildman–Crippen MR) is 95.5 cm³/mol. The number of hydrogen-bond donors (Lipinski definition) is 2. The van der Waals surface area contributed by atoms with Crippen molar-refractivity contribution < 1.29 is 32.3 Å². The van der Waals surface area contributed by atoms with E-state index in [0.717, 1.165) is 12.1 Å². The fourth-order valence-corrected chi connectivity index (χ4v) is 2.68. The highest BCUT2D eigenvalue weighted by atomic mass is 35.5. The van der Waals surface area contributed by atoms with E-state index in [0.29, 0.717) is 0 Å². The minimum atomic E-state index is -4.50. The molecule has 0 radical (unpaired) electrons. The zero-order valence-electron chi connectivity index (χ0n) is 13.9. The van der Waals surface area contributed by atoms with Crippen LogP contribution in [0.3, 0.4) is 0 Å². The number of carbonyl (C=O) groups is 2. The average molecular weight is 410 g/mol. The molecule has 0 bridgehead atoms. The van der Waals surface area contributed by atoms with E-state index in [1.165, 1.54) is 42.5 Å². The summed E-state index contributed by atoms with van der Waals surface area (Å²) in [4.78, 5) is 23.2. The van der Waals surface area contributed by atoms with E-state index in [-0.39, 0.29) is 33.4 Å². The Morgan fingerprint density at radius 2 is 1.79 bits per heavy atom. The first-order chi connectivity index (χ1) is 13.1. The van der Waals surface area contributed by atoms with Crippen molar-refractivity contribution >= 4 is 29.2 Å². The van der Waals surface area contributed by atoms with Crippen LogP contribution in [0.1, 0.15) is 26.5 Å². The van der Waals surface area contributed by atoms with Crippen LogP contribution in [0.25, 0.3) is 11.3 Å². The summed E-state index contributed by atoms with van der Waals surface area (Å²) in [6, 6.07) is 11.1. The Balaban J connectivity index is 1.80. The van der Waals surface area contributed by atoms with Gasteiger partial charge in [-0.3, -0.25) is 4.79 Å². The lowest BCUT2D eigenvalue weighted by molar-refractivity contribution is -0.137. The van der Waals surface area contributed by atoms with E-state index >= 15 is 0 Å². The number of hydrogen-bond acceptors (Lipinski definition) is 3. The van der Waals surface area contributed by atoms with Gasteiger partial charge in [-0.25, -0.2) is 4.79 Å². The van der Waals surface area contributed by atoms with Crippen molar-refractivity contribution in [1.82, 2.24) is 0 Å². The van der Waals surface area contributed by atoms with Crippen molar-refractivity contribution in [3.63, 3.8) is 0 Å². The second-order valence-electron chi connectivity index (χ2n) is 5.70. The summed E-state index contributed by atoms with van der Waals surface area (Å²) in [6.45, 7) is 0. The quantitative estimate of drug-likeness (QED) is 0.590. The van der Waals surface area contributed by atoms with Crippen LogP contribution >= 0.6 is 11.6 Å². The molecule has 5 nitrogen and oxygen atoms in total. The van der Waals surface area contributed by atoms with Gasteiger partial charge in [-0.15, -0.1) is 0 Å². The second kappa shape index (κ2) is 7.40. The van der Waals surface area contributed by atoms with Crippen LogP contribution in [-0.2, 0) is 6.18 Å². The maximum Gasteiger partial charge on any atom is 0.416 e. The summed E-state index contributed by atoms with van der Waals surface area (Å²) in [5.41, 5.74) is -0.551. The molecule has 0 aliphatic rings. The number of aromatic carboxylic acids is 1. The summed E-state index contributed by atoms with van der Waals surface area (Å²) in [5.74, 6) is -1.92. The van der Waals surface area contributed by atoms with Gasteiger partial charge in [0.1, 0.15) is 5.76 Å². The molecule has 1 amide bonds. The lowest BCUT2D eigenvalue weighted by Gasteiger charge is -2.07. The Bertz CT molecular complexity index is 1060. The molecule has 3 rings (SSSR count). The SMILES string of the molecule is O=C(Nc1ccc(C(=O)O)c(Cl)c1)c1ccc(-c2cccc(C(F)(F)F)c2)o1. The normalized spacial score (nSPS) is 11.3. The molecule has 0 saturated heterocycles. The fraction of sp³-hybridized carbons (Fsp3) is 0.0526. The third kappa shape index (κ3) is 4.17. The number of rotatable bonds is 4. The Morgan fingerprint density at radius 1 is 1.04 bits per heavy atom. The molecule has 144 valence electrons. The van der Waals surface area contributed by atoms with Crippen LogP contribution in [0, 0.1) is 0 Å². The highest BCUT2D eigenvalue weighted by Gasteiger charge is 2.30. The van der Waals surface area contributed by atoms with Crippen molar-refractivity contribution in [2.24, 2.45) is 0 Å². The summed E-state index contributed by atoms with van der Waals surface area (Å²) in [5, 5.41) is 11.4. The van der Waals surface area contributed by atoms with E-state index in [1.54, 1.807) is 0 Å². The van der Waals surface area contributed by atoms with Crippen molar-refractivity contribution in [3.8, 4) is 11.3 Å². The molecule has 0 fully saturated rings. The summed E-state index contributed by atoms with van der Waals surface area (Å²) < 4.78 is 43.8. The number of nitrogens with one attached hydrogen (secondary N) is 1. The third-order valence-corrected chi connectivity index (χ3v) is 4.07. The lowest BCUT2D eigenvalue weighted by atomic mass is 10.1. The molecule has 2 aromatic carbocycles. The first-order valence-corrected chi connectivity index (χ1v) is 8.14. The Kier molecular flexibility index (Phi) is 5.15. The van der Waals surface area contributed by atoms with Crippen LogP contribution in [0.4, 0.5) is 18.9 Å². The number of alkyl halides is 3. The Hall–Kier alpha value is -3.26. The molecule has 0 unspecified atom stereocenters. The maximum absolute atomic E-state index is 12.8. The molecule has 1 heterocycles. The first-order valence-electron chi connectivity index (χ1n) is 7.77. The standard InChI is InChI=1S/C19H11ClF3NO4/c20-14-9-12(4-5-13(14)18(26)27)24-17(25)16-7-6-15(28-16)10-2-1-3-11(8-10)19(21,22)23/h1-9H,(H,24,25)(H,26,27). The molecule has 3 aromatic rings. The number of carboxylic acids is 1. The molecule has 9 heteroatoms. The molecular formula is C19H11ClF3NO4. The largest absolute Gasteiger partial charge is 0.478 e. The van der Waals surface area contributed by atoms with E-state index in [1.807, 2.05) is 0 Å². The van der Waals surface area contributed by atoms with Gasteiger partial charge in [-0.2, -0.15) is 13.2 Å². The summed E-state index contributed by atoms with van der Waals surface area (Å²) in [6.07, 6.45) is -4.50. The molecule has 0 aliphatic heterocycles. The number of anilines is 1. The van der Waals surface area contributed by atoms with Gasteiger partial charge >= 0.3 is 12.1 Å². The van der Waals surface area contributed by atoms with Crippen LogP contribution in [0.2, 0.25) is 5.02 Å². The van der Waals surface area contributed by atoms with Crippen LogP contribution in [-0.4, -0.2) is 17.0 Å². The number of amides is 1. The minimum absolute atomic E-state index is 0.0607. The topological polar surface area (TPSA) is 79.5 Å². The molecule has 0 spiro atoms. The average Bonchev–Trinajstić information content (AvgIpc) is 3.11. The van der Waals surface area contributed by atoms with Crippen molar-refractivity contribution in [1.29, 1.82) is 0 Å². The first kappa shape index (κ1) is 19.5. The summed E-state index contributed by atoms with van der Waals surface area (Å²) >= 11 is 5.84. The van der Waals surface area contributed by atoms with Crippen LogP contribution < -0.4 is 5.32 Å². The number of halogens is 4. The van der Waals surface area contributed by atoms with Crippen molar-refractivity contribution in [2.45, 2.75) is 6.18 Å². The minimum Gasteiger partial charge on any atom is -0.478 e. The van der Waals surface area contributed by atoms with Gasteiger partial charge in [0.15, 0.2) is 5.76 Å². The number of benzene rings is 2. The van der Waals surface area contributed by atoms with Gasteiger partial charge in [0.25, 0.3) is 5.91 Å². The highest BCUT2D eigenvalue weighted by Crippen LogP contribution is 2.32. The fourth-order valence-electron chi connectivity index (χ4n) is 2.42. The van der Waals surface area contributed by atoms with Crippen molar-refractivity contribution in [2.75, 3.05) is 5.32 Å². The van der Waals surface area contributed by atoms with E-state index in [9.17, 15) is 22.8 Å². The Morgan fingerprint density at radius 3 is 2.43 bits per heavy atom. The number of carboxylic acid groups (broad SMARTS) is 1. The predicted octanol–water partition coefficient (Wildman–Crippen LogP) is 5.57. The molecule has 0 saturated carbocycles. The highest BCUT2D eigenvalue weighted by molar-refractivity contribution is 6.33. The second-order valence-corrected chi connectivity index (χ2v) is 6.10. The van der Waals surface area contributed by atoms with Gasteiger partial charge in [0.05, 0.1) is 16.1 Å². The lowest BCUT2D eigenvalue weighted by Crippen LogP contribution is -2.11. The van der Waals surface area contributed by atoms with Gasteiger partial charge in [-0.1, -0.05) is 23.7 Å². The molecule has 0 aliphatic carbocycles. The Labute approximate surface area is 161 Å². The van der Waals surface area contributed by atoms with Crippen LogP contribution in [0.15, 0.2) is 59.0 Å². The van der Waals surface area contributed by atoms with Gasteiger partial charge < -0.3 is 14.8 Å². The zero-order chi connectivity index (χ0) is 20.5. The molecule has 0 atom stereocenters. The molecule has 2 N–H and O–H groups in total. The van der Waals surface area contributed by atoms with Gasteiger partial charge in [0.2, 0.25) is 0 Å². The maximum atomic E-state index is 12.8. The summed E-state index contributed by atoms with van der Waals surface area (Å²) in [7, 11) is 0. The number of furan rings is 1. The smallest absolute Gasteiger partial charge is 0.416 e. The van der Waals surface area contributed by atoms with E-state index < -0.39 is 23.6 Å². The molecular weight excluding hydrogens is 399 g/mol. The van der Waals surface area contributed by atoms with Crippen LogP contribution in [0.5, 0.6) is 0 Å². The van der Waals surface area contributed by atoms with E-state index in [2.05, 4.69) is 5.32 Å². The number of carbonyl (C=O) groups excluding carboxylic acids is 1.